The van der Waals surface area contributed by atoms with E-state index in [1.165, 1.54) is 18.0 Å². The number of anilines is 1. The predicted octanol–water partition coefficient (Wildman–Crippen LogP) is 1.52. The van der Waals surface area contributed by atoms with Crippen LogP contribution in [0.5, 0.6) is 0 Å². The normalized spacial score (nSPS) is 17.5. The molecule has 0 saturated heterocycles. The molecule has 2 heterocycles. The van der Waals surface area contributed by atoms with Crippen LogP contribution in [0, 0.1) is 5.82 Å². The zero-order valence-corrected chi connectivity index (χ0v) is 15.4. The summed E-state index contributed by atoms with van der Waals surface area (Å²) in [6.45, 7) is 1.77. The summed E-state index contributed by atoms with van der Waals surface area (Å²) in [5.41, 5.74) is 6.39. The Morgan fingerprint density at radius 3 is 3.12 bits per heavy atom. The SMILES string of the molecule is CC(O)CONC(=O)C1=C[N+]2C=NC=C2CN1Nc1ccc(Br)cc1F. The Balaban J connectivity index is 1.79. The number of carbonyl (C=O) groups is 1. The summed E-state index contributed by atoms with van der Waals surface area (Å²) in [4.78, 5) is 23.2. The van der Waals surface area contributed by atoms with Crippen molar-refractivity contribution in [1.29, 1.82) is 0 Å². The lowest BCUT2D eigenvalue weighted by Crippen LogP contribution is -2.46. The maximum atomic E-state index is 14.2. The molecule has 0 bridgehead atoms. The number of hydroxylamine groups is 1. The van der Waals surface area contributed by atoms with Crippen LogP contribution < -0.4 is 15.8 Å². The largest absolute Gasteiger partial charge is 0.391 e. The molecular formula is C16H17BrFN5O3+. The van der Waals surface area contributed by atoms with E-state index < -0.39 is 17.8 Å². The number of halogens is 2. The first-order chi connectivity index (χ1) is 12.4. The summed E-state index contributed by atoms with van der Waals surface area (Å²) in [7, 11) is 0. The van der Waals surface area contributed by atoms with Gasteiger partial charge >= 0.3 is 0 Å². The van der Waals surface area contributed by atoms with E-state index >= 15 is 0 Å². The van der Waals surface area contributed by atoms with Crippen molar-refractivity contribution < 1.29 is 19.1 Å². The van der Waals surface area contributed by atoms with E-state index in [1.807, 2.05) is 0 Å². The van der Waals surface area contributed by atoms with Gasteiger partial charge in [0.15, 0.2) is 11.9 Å². The van der Waals surface area contributed by atoms with Crippen LogP contribution in [-0.4, -0.2) is 41.6 Å². The van der Waals surface area contributed by atoms with Crippen LogP contribution in [0.25, 0.3) is 0 Å². The fourth-order valence-electron chi connectivity index (χ4n) is 2.31. The van der Waals surface area contributed by atoms with Crippen molar-refractivity contribution in [3.8, 4) is 0 Å². The second-order valence-corrected chi connectivity index (χ2v) is 6.64. The molecule has 0 aliphatic carbocycles. The van der Waals surface area contributed by atoms with E-state index in [0.29, 0.717) is 4.47 Å². The highest BCUT2D eigenvalue weighted by molar-refractivity contribution is 9.10. The van der Waals surface area contributed by atoms with Crippen LogP contribution >= 0.6 is 15.9 Å². The van der Waals surface area contributed by atoms with Crippen LogP contribution in [0.4, 0.5) is 10.1 Å². The molecule has 26 heavy (non-hydrogen) atoms. The van der Waals surface area contributed by atoms with Gasteiger partial charge in [0, 0.05) is 4.47 Å². The summed E-state index contributed by atoms with van der Waals surface area (Å²) >= 11 is 3.21. The number of carbonyl (C=O) groups excluding carboxylic acids is 1. The fourth-order valence-corrected chi connectivity index (χ4v) is 2.64. The minimum Gasteiger partial charge on any atom is -0.391 e. The zero-order chi connectivity index (χ0) is 18.7. The Morgan fingerprint density at radius 2 is 2.38 bits per heavy atom. The second kappa shape index (κ2) is 7.96. The summed E-state index contributed by atoms with van der Waals surface area (Å²) in [5.74, 6) is -1.02. The molecule has 2 aliphatic rings. The van der Waals surface area contributed by atoms with Gasteiger partial charge in [-0.3, -0.25) is 20.1 Å². The molecule has 1 atom stereocenters. The number of benzene rings is 1. The Bertz CT molecular complexity index is 796. The van der Waals surface area contributed by atoms with E-state index in [0.717, 1.165) is 5.70 Å². The Hall–Kier alpha value is -2.27. The molecule has 0 saturated carbocycles. The van der Waals surface area contributed by atoms with Crippen molar-refractivity contribution in [2.75, 3.05) is 18.6 Å². The summed E-state index contributed by atoms with van der Waals surface area (Å²) in [5, 5.41) is 10.7. The second-order valence-electron chi connectivity index (χ2n) is 5.72. The molecule has 0 fully saturated rings. The Labute approximate surface area is 157 Å². The van der Waals surface area contributed by atoms with Gasteiger partial charge in [0.2, 0.25) is 12.0 Å². The van der Waals surface area contributed by atoms with Gasteiger partial charge in [0.1, 0.15) is 19.0 Å². The molecular weight excluding hydrogens is 409 g/mol. The number of hydrazine groups is 1. The molecule has 10 heteroatoms. The molecule has 137 valence electrons. The van der Waals surface area contributed by atoms with E-state index in [4.69, 9.17) is 4.84 Å². The van der Waals surface area contributed by atoms with Crippen molar-refractivity contribution in [2.24, 2.45) is 4.99 Å². The lowest BCUT2D eigenvalue weighted by Gasteiger charge is -2.29. The van der Waals surface area contributed by atoms with Crippen LogP contribution in [0.15, 0.2) is 51.5 Å². The monoisotopic (exact) mass is 425 g/mol. The van der Waals surface area contributed by atoms with Crippen molar-refractivity contribution in [2.45, 2.75) is 13.0 Å². The molecule has 1 aromatic carbocycles. The summed E-state index contributed by atoms with van der Waals surface area (Å²) in [6.07, 6.45) is 4.05. The van der Waals surface area contributed by atoms with E-state index in [9.17, 15) is 14.3 Å². The van der Waals surface area contributed by atoms with Crippen LogP contribution in [-0.2, 0) is 9.63 Å². The maximum absolute atomic E-state index is 14.2. The first-order valence-electron chi connectivity index (χ1n) is 7.76. The Kier molecular flexibility index (Phi) is 5.67. The van der Waals surface area contributed by atoms with E-state index in [-0.39, 0.29) is 24.5 Å². The average Bonchev–Trinajstić information content (AvgIpc) is 3.03. The number of nitrogens with one attached hydrogen (secondary N) is 2. The van der Waals surface area contributed by atoms with Crippen molar-refractivity contribution in [3.05, 3.63) is 52.3 Å². The molecule has 2 aliphatic heterocycles. The molecule has 3 rings (SSSR count). The number of aliphatic imine (C=N–C) groups is 1. The number of fused-ring (bicyclic) bond motifs is 1. The number of aliphatic hydroxyl groups is 1. The molecule has 1 unspecified atom stereocenters. The minimum atomic E-state index is -0.720. The lowest BCUT2D eigenvalue weighted by atomic mass is 10.2. The average molecular weight is 426 g/mol. The number of hydrogen-bond acceptors (Lipinski definition) is 7. The first kappa shape index (κ1) is 18.5. The highest BCUT2D eigenvalue weighted by Crippen LogP contribution is 2.24. The van der Waals surface area contributed by atoms with Gasteiger partial charge in [0.05, 0.1) is 18.0 Å². The molecule has 3 N–H and O–H groups in total. The molecule has 0 aromatic heterocycles. The summed E-state index contributed by atoms with van der Waals surface area (Å²) < 4.78 is 14.8. The first-order valence-corrected chi connectivity index (χ1v) is 8.55. The molecule has 0 spiro atoms. The molecule has 1 radical (unpaired) electrons. The standard InChI is InChI=1S/C16H17BrFN5O3/c1-10(24)8-26-21-16(25)15-7-22-9-19-5-12(22)6-23(15)20-14-3-2-11(17)4-13(14)18/h2-5,7,9-10,20,24H,6,8H2,1H3,(H,21,25)/q+1. The van der Waals surface area contributed by atoms with Gasteiger partial charge in [-0.25, -0.2) is 14.9 Å². The van der Waals surface area contributed by atoms with Gasteiger partial charge in [-0.15, -0.1) is 0 Å². The topological polar surface area (TPSA) is 92.1 Å². The molecule has 1 aromatic rings. The number of hydrogen-bond donors (Lipinski definition) is 3. The number of aliphatic hydroxyl groups excluding tert-OH is 1. The van der Waals surface area contributed by atoms with E-state index in [2.05, 4.69) is 31.8 Å². The number of rotatable bonds is 6. The van der Waals surface area contributed by atoms with E-state index in [1.54, 1.807) is 35.8 Å². The third-order valence-corrected chi connectivity index (χ3v) is 4.02. The molecule has 1 amide bonds. The highest BCUT2D eigenvalue weighted by atomic mass is 79.9. The maximum Gasteiger partial charge on any atom is 0.298 e. The van der Waals surface area contributed by atoms with Gasteiger partial charge in [-0.05, 0) is 25.1 Å². The predicted molar refractivity (Wildman–Crippen MR) is 97.0 cm³/mol. The van der Waals surface area contributed by atoms with Gasteiger partial charge in [-0.2, -0.15) is 0 Å². The van der Waals surface area contributed by atoms with Gasteiger partial charge in [-0.1, -0.05) is 20.8 Å². The zero-order valence-electron chi connectivity index (χ0n) is 13.8. The van der Waals surface area contributed by atoms with Crippen LogP contribution in [0.1, 0.15) is 6.92 Å². The van der Waals surface area contributed by atoms with Crippen molar-refractivity contribution in [1.82, 2.24) is 15.4 Å². The third-order valence-electron chi connectivity index (χ3n) is 3.53. The summed E-state index contributed by atoms with van der Waals surface area (Å²) in [6, 6.07) is 4.57. The van der Waals surface area contributed by atoms with Crippen molar-refractivity contribution >= 4 is 33.9 Å². The third kappa shape index (κ3) is 4.28. The minimum absolute atomic E-state index is 0.0515. The van der Waals surface area contributed by atoms with Gasteiger partial charge < -0.3 is 5.11 Å². The van der Waals surface area contributed by atoms with Crippen LogP contribution in [0.3, 0.4) is 0 Å². The lowest BCUT2D eigenvalue weighted by molar-refractivity contribution is -0.133. The molecule has 8 nitrogen and oxygen atoms in total. The highest BCUT2D eigenvalue weighted by Gasteiger charge is 2.36. The Morgan fingerprint density at radius 1 is 1.58 bits per heavy atom. The smallest absolute Gasteiger partial charge is 0.298 e. The van der Waals surface area contributed by atoms with Crippen LogP contribution in [0.2, 0.25) is 0 Å². The number of amides is 1. The van der Waals surface area contributed by atoms with Gasteiger partial charge in [0.25, 0.3) is 5.91 Å². The fraction of sp³-hybridized carbons (Fsp3) is 0.250. The van der Waals surface area contributed by atoms with Crippen molar-refractivity contribution in [3.63, 3.8) is 0 Å². The number of nitrogens with zero attached hydrogens (tertiary/aromatic N) is 3. The quantitative estimate of drug-likeness (QED) is 0.474.